The van der Waals surface area contributed by atoms with Gasteiger partial charge >= 0.3 is 0 Å². The summed E-state index contributed by atoms with van der Waals surface area (Å²) in [5.74, 6) is 1.09. The first-order valence-electron chi connectivity index (χ1n) is 9.50. The summed E-state index contributed by atoms with van der Waals surface area (Å²) >= 11 is 0. The molecule has 0 saturated carbocycles. The molecule has 0 aliphatic carbocycles. The summed E-state index contributed by atoms with van der Waals surface area (Å²) in [6.45, 7) is 9.06. The van der Waals surface area contributed by atoms with Crippen molar-refractivity contribution in [3.8, 4) is 0 Å². The Balaban J connectivity index is 1.82. The fourth-order valence-electron chi connectivity index (χ4n) is 3.16. The summed E-state index contributed by atoms with van der Waals surface area (Å²) in [6.07, 6.45) is 0. The zero-order valence-electron chi connectivity index (χ0n) is 16.9. The summed E-state index contributed by atoms with van der Waals surface area (Å²) in [6, 6.07) is 18.0. The second-order valence-electron chi connectivity index (χ2n) is 6.92. The van der Waals surface area contributed by atoms with Crippen LogP contribution in [0.1, 0.15) is 39.9 Å². The van der Waals surface area contributed by atoms with Gasteiger partial charge in [0.05, 0.1) is 0 Å². The molecule has 1 heterocycles. The van der Waals surface area contributed by atoms with Gasteiger partial charge in [-0.15, -0.1) is 0 Å². The molecule has 3 aromatic rings. The Morgan fingerprint density at radius 3 is 2.36 bits per heavy atom. The summed E-state index contributed by atoms with van der Waals surface area (Å²) in [5.41, 5.74) is 4.76. The Bertz CT molecular complexity index is 984. The van der Waals surface area contributed by atoms with Crippen molar-refractivity contribution in [3.63, 3.8) is 0 Å². The van der Waals surface area contributed by atoms with E-state index in [1.54, 1.807) is 17.9 Å². The maximum Gasteiger partial charge on any atom is 0.277 e. The average molecular weight is 374 g/mol. The van der Waals surface area contributed by atoms with Crippen LogP contribution in [0.4, 0.5) is 11.5 Å². The van der Waals surface area contributed by atoms with Gasteiger partial charge in [0.15, 0.2) is 0 Å². The molecular weight excluding hydrogens is 348 g/mol. The molecule has 144 valence electrons. The lowest BCUT2D eigenvalue weighted by Crippen LogP contribution is -2.31. The highest BCUT2D eigenvalue weighted by Crippen LogP contribution is 2.19. The van der Waals surface area contributed by atoms with Crippen LogP contribution in [0.15, 0.2) is 54.6 Å². The van der Waals surface area contributed by atoms with Crippen LogP contribution in [0.3, 0.4) is 0 Å². The number of hydrogen-bond acceptors (Lipinski definition) is 4. The lowest BCUT2D eigenvalue weighted by atomic mass is 10.1. The maximum atomic E-state index is 13.1. The zero-order chi connectivity index (χ0) is 20.1. The predicted octanol–water partition coefficient (Wildman–Crippen LogP) is 4.68. The van der Waals surface area contributed by atoms with E-state index in [1.807, 2.05) is 44.2 Å². The topological polar surface area (TPSA) is 58.1 Å². The van der Waals surface area contributed by atoms with Gasteiger partial charge in [0.25, 0.3) is 5.91 Å². The van der Waals surface area contributed by atoms with Crippen molar-refractivity contribution >= 4 is 17.4 Å². The van der Waals surface area contributed by atoms with Crippen LogP contribution in [0.5, 0.6) is 0 Å². The van der Waals surface area contributed by atoms with Gasteiger partial charge in [0.1, 0.15) is 17.3 Å². The largest absolute Gasteiger partial charge is 0.366 e. The number of carbonyl (C=O) groups excluding carboxylic acids is 1. The van der Waals surface area contributed by atoms with Crippen LogP contribution >= 0.6 is 0 Å². The number of nitrogens with zero attached hydrogens (tertiary/aromatic N) is 3. The number of aryl methyl sites for hydroxylation is 3. The number of hydrogen-bond donors (Lipinski definition) is 1. The maximum absolute atomic E-state index is 13.1. The minimum atomic E-state index is -0.128. The van der Waals surface area contributed by atoms with Gasteiger partial charge in [-0.3, -0.25) is 4.79 Å². The van der Waals surface area contributed by atoms with Gasteiger partial charge in [-0.1, -0.05) is 42.0 Å². The molecule has 0 saturated heterocycles. The van der Waals surface area contributed by atoms with E-state index < -0.39 is 0 Å². The van der Waals surface area contributed by atoms with Gasteiger partial charge in [0.2, 0.25) is 0 Å². The highest BCUT2D eigenvalue weighted by Gasteiger charge is 2.19. The number of anilines is 2. The second kappa shape index (κ2) is 8.65. The van der Waals surface area contributed by atoms with Gasteiger partial charge in [-0.2, -0.15) is 0 Å². The number of carbonyl (C=O) groups is 1. The van der Waals surface area contributed by atoms with Crippen LogP contribution in [-0.4, -0.2) is 22.4 Å². The van der Waals surface area contributed by atoms with E-state index >= 15 is 0 Å². The van der Waals surface area contributed by atoms with Gasteiger partial charge in [-0.05, 0) is 51.0 Å². The van der Waals surface area contributed by atoms with Crippen molar-refractivity contribution < 1.29 is 4.79 Å². The standard InChI is InChI=1S/C23H26N4O/c1-5-27(20-11-7-9-17(3)13-20)23(28)21-14-22(26-18(4)25-21)24-15-19-10-6-8-16(2)12-19/h6-14H,5,15H2,1-4H3,(H,24,25,26). The Hall–Kier alpha value is -3.21. The Labute approximate surface area is 166 Å². The van der Waals surface area contributed by atoms with Gasteiger partial charge in [-0.25, -0.2) is 9.97 Å². The minimum Gasteiger partial charge on any atom is -0.366 e. The molecule has 3 rings (SSSR count). The molecule has 0 aliphatic heterocycles. The molecule has 0 aliphatic rings. The SMILES string of the molecule is CCN(C(=O)c1cc(NCc2cccc(C)c2)nc(C)n1)c1cccc(C)c1. The zero-order valence-corrected chi connectivity index (χ0v) is 16.9. The van der Waals surface area contributed by atoms with Crippen molar-refractivity contribution in [1.82, 2.24) is 9.97 Å². The third kappa shape index (κ3) is 4.74. The number of nitrogens with one attached hydrogen (secondary N) is 1. The van der Waals surface area contributed by atoms with E-state index in [0.29, 0.717) is 30.4 Å². The molecule has 2 aromatic carbocycles. The Kier molecular flexibility index (Phi) is 6.04. The molecule has 0 fully saturated rings. The fraction of sp³-hybridized carbons (Fsp3) is 0.261. The number of aromatic nitrogens is 2. The van der Waals surface area contributed by atoms with Gasteiger partial charge in [0, 0.05) is 24.8 Å². The quantitative estimate of drug-likeness (QED) is 0.680. The molecule has 0 radical (unpaired) electrons. The van der Waals surface area contributed by atoms with E-state index in [1.165, 1.54) is 11.1 Å². The molecule has 5 nitrogen and oxygen atoms in total. The fourth-order valence-corrected chi connectivity index (χ4v) is 3.16. The van der Waals surface area contributed by atoms with E-state index in [2.05, 4.69) is 40.4 Å². The van der Waals surface area contributed by atoms with Crippen molar-refractivity contribution in [2.45, 2.75) is 34.2 Å². The first-order valence-corrected chi connectivity index (χ1v) is 9.50. The highest BCUT2D eigenvalue weighted by molar-refractivity contribution is 6.05. The molecule has 0 unspecified atom stereocenters. The van der Waals surface area contributed by atoms with E-state index in [4.69, 9.17) is 0 Å². The lowest BCUT2D eigenvalue weighted by molar-refractivity contribution is 0.0983. The van der Waals surface area contributed by atoms with Crippen molar-refractivity contribution in [1.29, 1.82) is 0 Å². The third-order valence-corrected chi connectivity index (χ3v) is 4.49. The average Bonchev–Trinajstić information content (AvgIpc) is 2.67. The smallest absolute Gasteiger partial charge is 0.277 e. The van der Waals surface area contributed by atoms with Crippen LogP contribution in [0.25, 0.3) is 0 Å². The first kappa shape index (κ1) is 19.5. The summed E-state index contributed by atoms with van der Waals surface area (Å²) < 4.78 is 0. The lowest BCUT2D eigenvalue weighted by Gasteiger charge is -2.21. The normalized spacial score (nSPS) is 10.6. The number of amides is 1. The Morgan fingerprint density at radius 1 is 0.964 bits per heavy atom. The molecule has 28 heavy (non-hydrogen) atoms. The van der Waals surface area contributed by atoms with E-state index in [9.17, 15) is 4.79 Å². The van der Waals surface area contributed by atoms with Gasteiger partial charge < -0.3 is 10.2 Å². The molecule has 1 aromatic heterocycles. The summed E-state index contributed by atoms with van der Waals surface area (Å²) in [5, 5.41) is 3.31. The summed E-state index contributed by atoms with van der Waals surface area (Å²) in [4.78, 5) is 23.7. The van der Waals surface area contributed by atoms with Crippen LogP contribution < -0.4 is 10.2 Å². The molecule has 0 spiro atoms. The Morgan fingerprint density at radius 2 is 1.68 bits per heavy atom. The van der Waals surface area contributed by atoms with E-state index in [0.717, 1.165) is 11.3 Å². The van der Waals surface area contributed by atoms with Crippen molar-refractivity contribution in [2.24, 2.45) is 0 Å². The molecule has 1 N–H and O–H groups in total. The van der Waals surface area contributed by atoms with Crippen LogP contribution in [0.2, 0.25) is 0 Å². The van der Waals surface area contributed by atoms with Crippen LogP contribution in [0, 0.1) is 20.8 Å². The van der Waals surface area contributed by atoms with Crippen molar-refractivity contribution in [2.75, 3.05) is 16.8 Å². The van der Waals surface area contributed by atoms with Crippen molar-refractivity contribution in [3.05, 3.63) is 82.8 Å². The second-order valence-corrected chi connectivity index (χ2v) is 6.92. The molecule has 1 amide bonds. The third-order valence-electron chi connectivity index (χ3n) is 4.49. The number of benzene rings is 2. The molecular formula is C23H26N4O. The monoisotopic (exact) mass is 374 g/mol. The molecule has 5 heteroatoms. The highest BCUT2D eigenvalue weighted by atomic mass is 16.2. The minimum absolute atomic E-state index is 0.128. The number of rotatable bonds is 6. The molecule has 0 bridgehead atoms. The first-order chi connectivity index (χ1) is 13.5. The molecule has 0 atom stereocenters. The van der Waals surface area contributed by atoms with Crippen LogP contribution in [-0.2, 0) is 6.54 Å². The summed E-state index contributed by atoms with van der Waals surface area (Å²) in [7, 11) is 0. The van der Waals surface area contributed by atoms with E-state index in [-0.39, 0.29) is 5.91 Å². The predicted molar refractivity (Wildman–Crippen MR) is 114 cm³/mol.